The maximum absolute atomic E-state index is 10.8. The number of H-pyrrole nitrogens is 1. The molecule has 1 amide bonds. The maximum Gasteiger partial charge on any atom is 0.259 e. The number of hydrogen-bond acceptors (Lipinski definition) is 4. The Balaban J connectivity index is 2.01. The summed E-state index contributed by atoms with van der Waals surface area (Å²) in [5, 5.41) is 0. The van der Waals surface area contributed by atoms with E-state index in [1.165, 1.54) is 0 Å². The minimum absolute atomic E-state index is 0.0451. The van der Waals surface area contributed by atoms with Crippen LogP contribution >= 0.6 is 0 Å². The first kappa shape index (κ1) is 11.6. The number of rotatable bonds is 4. The van der Waals surface area contributed by atoms with Crippen LogP contribution in [-0.2, 0) is 16.1 Å². The van der Waals surface area contributed by atoms with Crippen LogP contribution in [0.2, 0.25) is 0 Å². The zero-order valence-corrected chi connectivity index (χ0v) is 9.49. The van der Waals surface area contributed by atoms with E-state index in [0.717, 1.165) is 22.4 Å². The SMILES string of the molecule is Cc1nc2ccc(COCC(=O)NN)cc2[nH]1. The molecule has 6 nitrogen and oxygen atoms in total. The van der Waals surface area contributed by atoms with Gasteiger partial charge < -0.3 is 9.72 Å². The van der Waals surface area contributed by atoms with Crippen LogP contribution < -0.4 is 11.3 Å². The van der Waals surface area contributed by atoms with Gasteiger partial charge in [0.2, 0.25) is 0 Å². The van der Waals surface area contributed by atoms with Gasteiger partial charge >= 0.3 is 0 Å². The van der Waals surface area contributed by atoms with E-state index in [0.29, 0.717) is 6.61 Å². The van der Waals surface area contributed by atoms with E-state index < -0.39 is 0 Å². The Morgan fingerprint density at radius 3 is 3.18 bits per heavy atom. The number of nitrogens with two attached hydrogens (primary N) is 1. The molecule has 1 aromatic heterocycles. The fourth-order valence-corrected chi connectivity index (χ4v) is 1.58. The number of aryl methyl sites for hydroxylation is 1. The number of carbonyl (C=O) groups is 1. The summed E-state index contributed by atoms with van der Waals surface area (Å²) in [5.74, 6) is 5.47. The van der Waals surface area contributed by atoms with Crippen molar-refractivity contribution < 1.29 is 9.53 Å². The minimum Gasteiger partial charge on any atom is -0.367 e. The topological polar surface area (TPSA) is 93.0 Å². The van der Waals surface area contributed by atoms with Crippen LogP contribution in [0, 0.1) is 6.92 Å². The lowest BCUT2D eigenvalue weighted by Crippen LogP contribution is -2.33. The van der Waals surface area contributed by atoms with Crippen LogP contribution in [0.4, 0.5) is 0 Å². The molecule has 0 bridgehead atoms. The predicted molar refractivity (Wildman–Crippen MR) is 62.8 cm³/mol. The molecule has 0 saturated carbocycles. The van der Waals surface area contributed by atoms with Gasteiger partial charge in [0.25, 0.3) is 5.91 Å². The number of aromatic amines is 1. The fraction of sp³-hybridized carbons (Fsp3) is 0.273. The van der Waals surface area contributed by atoms with Gasteiger partial charge in [0.05, 0.1) is 17.6 Å². The molecule has 2 aromatic rings. The molecule has 0 aliphatic heterocycles. The van der Waals surface area contributed by atoms with E-state index >= 15 is 0 Å². The standard InChI is InChI=1S/C11H14N4O2/c1-7-13-9-3-2-8(4-10(9)14-7)5-17-6-11(16)15-12/h2-4H,5-6,12H2,1H3,(H,13,14)(H,15,16). The van der Waals surface area contributed by atoms with Crippen molar-refractivity contribution in [3.8, 4) is 0 Å². The molecule has 0 unspecified atom stereocenters. The number of imidazole rings is 1. The largest absolute Gasteiger partial charge is 0.367 e. The number of carbonyl (C=O) groups excluding carboxylic acids is 1. The Kier molecular flexibility index (Phi) is 3.36. The monoisotopic (exact) mass is 234 g/mol. The van der Waals surface area contributed by atoms with E-state index in [4.69, 9.17) is 10.6 Å². The van der Waals surface area contributed by atoms with E-state index in [-0.39, 0.29) is 12.5 Å². The lowest BCUT2D eigenvalue weighted by atomic mass is 10.2. The van der Waals surface area contributed by atoms with Crippen LogP contribution in [-0.4, -0.2) is 22.5 Å². The normalized spacial score (nSPS) is 10.7. The van der Waals surface area contributed by atoms with Crippen molar-refractivity contribution >= 4 is 16.9 Å². The fourth-order valence-electron chi connectivity index (χ4n) is 1.58. The molecule has 90 valence electrons. The van der Waals surface area contributed by atoms with E-state index in [1.807, 2.05) is 30.5 Å². The summed E-state index contributed by atoms with van der Waals surface area (Å²) < 4.78 is 5.20. The summed E-state index contributed by atoms with van der Waals surface area (Å²) in [6.45, 7) is 2.22. The first-order valence-corrected chi connectivity index (χ1v) is 5.21. The molecular formula is C11H14N4O2. The third-order valence-electron chi connectivity index (χ3n) is 2.33. The summed E-state index contributed by atoms with van der Waals surface area (Å²) in [4.78, 5) is 18.3. The molecule has 0 radical (unpaired) electrons. The van der Waals surface area contributed by atoms with Crippen molar-refractivity contribution in [1.29, 1.82) is 0 Å². The molecule has 4 N–H and O–H groups in total. The van der Waals surface area contributed by atoms with Crippen LogP contribution in [0.15, 0.2) is 18.2 Å². The number of hydrogen-bond donors (Lipinski definition) is 3. The lowest BCUT2D eigenvalue weighted by molar-refractivity contribution is -0.126. The van der Waals surface area contributed by atoms with Crippen molar-refractivity contribution in [2.24, 2.45) is 5.84 Å². The third-order valence-corrected chi connectivity index (χ3v) is 2.33. The van der Waals surface area contributed by atoms with Crippen molar-refractivity contribution in [2.45, 2.75) is 13.5 Å². The van der Waals surface area contributed by atoms with E-state index in [2.05, 4.69) is 9.97 Å². The summed E-state index contributed by atoms with van der Waals surface area (Å²) in [7, 11) is 0. The number of ether oxygens (including phenoxy) is 1. The van der Waals surface area contributed by atoms with Gasteiger partial charge in [0.1, 0.15) is 12.4 Å². The van der Waals surface area contributed by atoms with Crippen molar-refractivity contribution in [3.05, 3.63) is 29.6 Å². The van der Waals surface area contributed by atoms with Gasteiger partial charge in [-0.1, -0.05) is 6.07 Å². The highest BCUT2D eigenvalue weighted by atomic mass is 16.5. The highest BCUT2D eigenvalue weighted by Crippen LogP contribution is 2.14. The summed E-state index contributed by atoms with van der Waals surface area (Å²) in [6.07, 6.45) is 0. The van der Waals surface area contributed by atoms with Crippen LogP contribution in [0.25, 0.3) is 11.0 Å². The molecule has 0 saturated heterocycles. The van der Waals surface area contributed by atoms with Crippen LogP contribution in [0.5, 0.6) is 0 Å². The van der Waals surface area contributed by atoms with Gasteiger partial charge in [-0.15, -0.1) is 0 Å². The lowest BCUT2D eigenvalue weighted by Gasteiger charge is -2.03. The molecule has 0 aliphatic rings. The second-order valence-corrected chi connectivity index (χ2v) is 3.73. The number of nitrogens with zero attached hydrogens (tertiary/aromatic N) is 1. The quantitative estimate of drug-likeness (QED) is 0.405. The second kappa shape index (κ2) is 4.94. The smallest absolute Gasteiger partial charge is 0.259 e. The molecule has 17 heavy (non-hydrogen) atoms. The highest BCUT2D eigenvalue weighted by molar-refractivity contribution is 5.76. The van der Waals surface area contributed by atoms with E-state index in [1.54, 1.807) is 0 Å². The molecule has 1 aromatic carbocycles. The summed E-state index contributed by atoms with van der Waals surface area (Å²) >= 11 is 0. The van der Waals surface area contributed by atoms with Gasteiger partial charge in [-0.25, -0.2) is 10.8 Å². The number of aromatic nitrogens is 2. The zero-order valence-electron chi connectivity index (χ0n) is 9.49. The summed E-state index contributed by atoms with van der Waals surface area (Å²) in [6, 6.07) is 5.79. The van der Waals surface area contributed by atoms with Gasteiger partial charge in [-0.3, -0.25) is 10.2 Å². The van der Waals surface area contributed by atoms with Crippen LogP contribution in [0.3, 0.4) is 0 Å². The van der Waals surface area contributed by atoms with Gasteiger partial charge in [0.15, 0.2) is 0 Å². The molecule has 1 heterocycles. The number of hydrazine groups is 1. The number of nitrogens with one attached hydrogen (secondary N) is 2. The number of fused-ring (bicyclic) bond motifs is 1. The highest BCUT2D eigenvalue weighted by Gasteiger charge is 2.02. The average molecular weight is 234 g/mol. The number of benzene rings is 1. The zero-order chi connectivity index (χ0) is 12.3. The van der Waals surface area contributed by atoms with Gasteiger partial charge in [-0.2, -0.15) is 0 Å². The second-order valence-electron chi connectivity index (χ2n) is 3.73. The van der Waals surface area contributed by atoms with Crippen LogP contribution in [0.1, 0.15) is 11.4 Å². The van der Waals surface area contributed by atoms with Crippen molar-refractivity contribution in [1.82, 2.24) is 15.4 Å². The molecule has 6 heteroatoms. The Morgan fingerprint density at radius 1 is 1.59 bits per heavy atom. The number of amides is 1. The van der Waals surface area contributed by atoms with Crippen molar-refractivity contribution in [2.75, 3.05) is 6.61 Å². The molecule has 0 aliphatic carbocycles. The maximum atomic E-state index is 10.8. The molecular weight excluding hydrogens is 220 g/mol. The third kappa shape index (κ3) is 2.80. The molecule has 0 fully saturated rings. The predicted octanol–water partition coefficient (Wildman–Crippen LogP) is 0.378. The Hall–Kier alpha value is -1.92. The van der Waals surface area contributed by atoms with Gasteiger partial charge in [0, 0.05) is 0 Å². The minimum atomic E-state index is -0.344. The Morgan fingerprint density at radius 2 is 2.41 bits per heavy atom. The first-order chi connectivity index (χ1) is 8.19. The van der Waals surface area contributed by atoms with Gasteiger partial charge in [-0.05, 0) is 24.6 Å². The first-order valence-electron chi connectivity index (χ1n) is 5.21. The molecule has 0 spiro atoms. The van der Waals surface area contributed by atoms with Crippen molar-refractivity contribution in [3.63, 3.8) is 0 Å². The molecule has 0 atom stereocenters. The van der Waals surface area contributed by atoms with E-state index in [9.17, 15) is 4.79 Å². The molecule has 2 rings (SSSR count). The average Bonchev–Trinajstić information content (AvgIpc) is 2.68. The Labute approximate surface area is 98.1 Å². The Bertz CT molecular complexity index is 535. The summed E-state index contributed by atoms with van der Waals surface area (Å²) in [5.41, 5.74) is 4.87.